The number of hydrogen-bond donors (Lipinski definition) is 0. The van der Waals surface area contributed by atoms with Gasteiger partial charge in [0.25, 0.3) is 0 Å². The summed E-state index contributed by atoms with van der Waals surface area (Å²) >= 11 is 0. The molecule has 0 fully saturated rings. The minimum absolute atomic E-state index is 0.0544. The summed E-state index contributed by atoms with van der Waals surface area (Å²) in [5.74, 6) is -0.0102. The molecule has 0 saturated heterocycles. The van der Waals surface area contributed by atoms with E-state index in [0.29, 0.717) is 18.8 Å². The number of aromatic nitrogens is 1. The smallest absolute Gasteiger partial charge is 0.178 e. The molecule has 1 aliphatic rings. The van der Waals surface area contributed by atoms with Crippen LogP contribution < -0.4 is 9.64 Å². The van der Waals surface area contributed by atoms with Crippen LogP contribution in [0.2, 0.25) is 0 Å². The zero-order valence-corrected chi connectivity index (χ0v) is 9.97. The van der Waals surface area contributed by atoms with E-state index in [0.717, 1.165) is 11.4 Å². The summed E-state index contributed by atoms with van der Waals surface area (Å²) in [7, 11) is 0. The van der Waals surface area contributed by atoms with Crippen LogP contribution in [0.5, 0.6) is 5.75 Å². The number of fused-ring (bicyclic) bond motifs is 1. The quantitative estimate of drug-likeness (QED) is 0.818. The molecule has 1 atom stereocenters. The van der Waals surface area contributed by atoms with Crippen molar-refractivity contribution in [2.24, 2.45) is 0 Å². The van der Waals surface area contributed by atoms with Crippen molar-refractivity contribution in [3.05, 3.63) is 42.0 Å². The van der Waals surface area contributed by atoms with Crippen molar-refractivity contribution in [1.82, 2.24) is 5.16 Å². The lowest BCUT2D eigenvalue weighted by atomic mass is 10.2. The van der Waals surface area contributed by atoms with Gasteiger partial charge in [-0.3, -0.25) is 0 Å². The summed E-state index contributed by atoms with van der Waals surface area (Å²) in [6, 6.07) is 6.75. The third-order valence-electron chi connectivity index (χ3n) is 2.93. The molecule has 2 heterocycles. The largest absolute Gasteiger partial charge is 0.484 e. The molecular formula is C13H13FN2O2. The van der Waals surface area contributed by atoms with Crippen LogP contribution in [-0.4, -0.2) is 17.8 Å². The number of halogens is 1. The molecule has 3 rings (SSSR count). The van der Waals surface area contributed by atoms with E-state index in [9.17, 15) is 4.39 Å². The van der Waals surface area contributed by atoms with Gasteiger partial charge >= 0.3 is 0 Å². The zero-order valence-electron chi connectivity index (χ0n) is 9.97. The molecule has 0 unspecified atom stereocenters. The van der Waals surface area contributed by atoms with Gasteiger partial charge in [0.15, 0.2) is 11.6 Å². The molecule has 1 aromatic carbocycles. The summed E-state index contributed by atoms with van der Waals surface area (Å²) in [5, 5.41) is 3.88. The molecule has 0 spiro atoms. The molecule has 0 saturated carbocycles. The van der Waals surface area contributed by atoms with E-state index < -0.39 is 0 Å². The van der Waals surface area contributed by atoms with Crippen molar-refractivity contribution in [2.45, 2.75) is 19.6 Å². The number of rotatable bonds is 2. The van der Waals surface area contributed by atoms with E-state index in [1.807, 2.05) is 17.9 Å². The van der Waals surface area contributed by atoms with Crippen molar-refractivity contribution in [3.8, 4) is 5.75 Å². The fourth-order valence-corrected chi connectivity index (χ4v) is 2.17. The molecular weight excluding hydrogens is 235 g/mol. The Labute approximate surface area is 104 Å². The maximum atomic E-state index is 13.7. The summed E-state index contributed by atoms with van der Waals surface area (Å²) in [6.45, 7) is 3.20. The first-order valence-corrected chi connectivity index (χ1v) is 5.83. The fraction of sp³-hybridized carbons (Fsp3) is 0.308. The Morgan fingerprint density at radius 3 is 3.11 bits per heavy atom. The molecule has 18 heavy (non-hydrogen) atoms. The molecule has 94 valence electrons. The number of nitrogens with zero attached hydrogens (tertiary/aromatic N) is 2. The number of ether oxygens (including phenoxy) is 1. The Balaban J connectivity index is 1.94. The van der Waals surface area contributed by atoms with Crippen LogP contribution in [0.1, 0.15) is 12.6 Å². The van der Waals surface area contributed by atoms with E-state index in [1.165, 1.54) is 12.3 Å². The molecule has 4 nitrogen and oxygen atoms in total. The maximum Gasteiger partial charge on any atom is 0.178 e. The van der Waals surface area contributed by atoms with E-state index in [4.69, 9.17) is 9.26 Å². The van der Waals surface area contributed by atoms with Gasteiger partial charge in [0.1, 0.15) is 18.1 Å². The molecule has 1 aromatic heterocycles. The first kappa shape index (κ1) is 11.1. The van der Waals surface area contributed by atoms with E-state index >= 15 is 0 Å². The van der Waals surface area contributed by atoms with Gasteiger partial charge in [-0.15, -0.1) is 0 Å². The lowest BCUT2D eigenvalue weighted by molar-refractivity contribution is 0.202. The van der Waals surface area contributed by atoms with Crippen LogP contribution in [-0.2, 0) is 6.54 Å². The lowest BCUT2D eigenvalue weighted by Crippen LogP contribution is -2.38. The molecule has 0 radical (unpaired) electrons. The van der Waals surface area contributed by atoms with Crippen molar-refractivity contribution >= 4 is 5.69 Å². The summed E-state index contributed by atoms with van der Waals surface area (Å²) in [4.78, 5) is 2.05. The first-order valence-electron chi connectivity index (χ1n) is 5.83. The molecule has 0 bridgehead atoms. The van der Waals surface area contributed by atoms with Gasteiger partial charge in [-0.05, 0) is 19.1 Å². The average Bonchev–Trinajstić information content (AvgIpc) is 2.83. The number of para-hydroxylation sites is 1. The monoisotopic (exact) mass is 248 g/mol. The second-order valence-corrected chi connectivity index (χ2v) is 4.39. The molecule has 0 N–H and O–H groups in total. The van der Waals surface area contributed by atoms with Gasteiger partial charge < -0.3 is 14.2 Å². The zero-order chi connectivity index (χ0) is 12.5. The second kappa shape index (κ2) is 4.33. The average molecular weight is 248 g/mol. The Kier molecular flexibility index (Phi) is 2.66. The van der Waals surface area contributed by atoms with E-state index in [2.05, 4.69) is 5.16 Å². The first-order chi connectivity index (χ1) is 8.74. The third kappa shape index (κ3) is 1.92. The van der Waals surface area contributed by atoms with Crippen molar-refractivity contribution in [1.29, 1.82) is 0 Å². The van der Waals surface area contributed by atoms with Gasteiger partial charge in [-0.25, -0.2) is 4.39 Å². The lowest BCUT2D eigenvalue weighted by Gasteiger charge is -2.34. The minimum atomic E-state index is -0.329. The van der Waals surface area contributed by atoms with Crippen molar-refractivity contribution in [2.75, 3.05) is 11.4 Å². The van der Waals surface area contributed by atoms with Crippen LogP contribution in [0.25, 0.3) is 0 Å². The van der Waals surface area contributed by atoms with Gasteiger partial charge in [-0.2, -0.15) is 0 Å². The van der Waals surface area contributed by atoms with E-state index in [-0.39, 0.29) is 11.9 Å². The fourth-order valence-electron chi connectivity index (χ4n) is 2.17. The van der Waals surface area contributed by atoms with Gasteiger partial charge in [0.05, 0.1) is 18.8 Å². The molecule has 1 aliphatic heterocycles. The van der Waals surface area contributed by atoms with Crippen LogP contribution >= 0.6 is 0 Å². The molecule has 2 aromatic rings. The Morgan fingerprint density at radius 2 is 2.33 bits per heavy atom. The SMILES string of the molecule is C[C@H]1CN(Cc2ccon2)c2cccc(F)c2O1. The summed E-state index contributed by atoms with van der Waals surface area (Å²) in [6.07, 6.45) is 1.48. The highest BCUT2D eigenvalue weighted by Crippen LogP contribution is 2.36. The number of hydrogen-bond acceptors (Lipinski definition) is 4. The van der Waals surface area contributed by atoms with Gasteiger partial charge in [-0.1, -0.05) is 11.2 Å². The molecule has 0 amide bonds. The third-order valence-corrected chi connectivity index (χ3v) is 2.93. The normalized spacial score (nSPS) is 18.3. The molecule has 0 aliphatic carbocycles. The van der Waals surface area contributed by atoms with Crippen LogP contribution in [0.3, 0.4) is 0 Å². The van der Waals surface area contributed by atoms with Crippen molar-refractivity contribution in [3.63, 3.8) is 0 Å². The molecule has 5 heteroatoms. The van der Waals surface area contributed by atoms with Crippen LogP contribution in [0, 0.1) is 5.82 Å². The topological polar surface area (TPSA) is 38.5 Å². The predicted molar refractivity (Wildman–Crippen MR) is 64.0 cm³/mol. The maximum absolute atomic E-state index is 13.7. The minimum Gasteiger partial charge on any atom is -0.484 e. The highest BCUT2D eigenvalue weighted by atomic mass is 19.1. The number of anilines is 1. The predicted octanol–water partition coefficient (Wildman–Crippen LogP) is 2.60. The van der Waals surface area contributed by atoms with Crippen molar-refractivity contribution < 1.29 is 13.7 Å². The second-order valence-electron chi connectivity index (χ2n) is 4.39. The Hall–Kier alpha value is -2.04. The Morgan fingerprint density at radius 1 is 1.44 bits per heavy atom. The standard InChI is InChI=1S/C13H13FN2O2/c1-9-7-16(8-10-5-6-17-15-10)12-4-2-3-11(14)13(12)18-9/h2-6,9H,7-8H2,1H3/t9-/m0/s1. The van der Waals surface area contributed by atoms with E-state index in [1.54, 1.807) is 12.1 Å². The van der Waals surface area contributed by atoms with Crippen LogP contribution in [0.15, 0.2) is 35.1 Å². The highest BCUT2D eigenvalue weighted by Gasteiger charge is 2.25. The summed E-state index contributed by atoms with van der Waals surface area (Å²) < 4.78 is 24.1. The summed E-state index contributed by atoms with van der Waals surface area (Å²) in [5.41, 5.74) is 1.58. The number of benzene rings is 1. The Bertz CT molecular complexity index is 542. The van der Waals surface area contributed by atoms with Crippen LogP contribution in [0.4, 0.5) is 10.1 Å². The van der Waals surface area contributed by atoms with Gasteiger partial charge in [0.2, 0.25) is 0 Å². The highest BCUT2D eigenvalue weighted by molar-refractivity contribution is 5.60. The van der Waals surface area contributed by atoms with Gasteiger partial charge in [0, 0.05) is 6.07 Å².